The van der Waals surface area contributed by atoms with Crippen LogP contribution in [0.2, 0.25) is 0 Å². The van der Waals surface area contributed by atoms with Crippen LogP contribution in [-0.2, 0) is 21.7 Å². The topological polar surface area (TPSA) is 6.48 Å². The van der Waals surface area contributed by atoms with E-state index in [4.69, 9.17) is 0 Å². The Labute approximate surface area is 419 Å². The van der Waals surface area contributed by atoms with Gasteiger partial charge in [-0.05, 0) is 154 Å². The van der Waals surface area contributed by atoms with Gasteiger partial charge in [-0.25, -0.2) is 0 Å². The highest BCUT2D eigenvalue weighted by Gasteiger charge is 2.45. The molecule has 0 amide bonds. The summed E-state index contributed by atoms with van der Waals surface area (Å²) in [5, 5.41) is 7.65. The third-order valence-electron chi connectivity index (χ3n) is 15.3. The average Bonchev–Trinajstić information content (AvgIpc) is 3.69. The van der Waals surface area contributed by atoms with Gasteiger partial charge in [-0.15, -0.1) is 11.3 Å². The van der Waals surface area contributed by atoms with Crippen LogP contribution >= 0.6 is 11.3 Å². The fraction of sp³-hybridized carbons (Fsp3) is 0.242. The van der Waals surface area contributed by atoms with Crippen LogP contribution in [0.1, 0.15) is 105 Å². The Morgan fingerprint density at radius 1 is 0.343 bits per heavy atom. The summed E-state index contributed by atoms with van der Waals surface area (Å²) in [6.45, 7) is 28.2. The second-order valence-corrected chi connectivity index (χ2v) is 25.5. The molecule has 0 spiro atoms. The van der Waals surface area contributed by atoms with Crippen molar-refractivity contribution in [2.45, 2.75) is 105 Å². The Bertz CT molecular complexity index is 3540. The first-order chi connectivity index (χ1) is 33.2. The molecule has 0 bridgehead atoms. The van der Waals surface area contributed by atoms with Crippen LogP contribution in [0.4, 0.5) is 34.1 Å². The molecule has 0 fully saturated rings. The minimum absolute atomic E-state index is 0.0309. The van der Waals surface area contributed by atoms with Gasteiger partial charge < -0.3 is 9.80 Å². The largest absolute Gasteiger partial charge is 0.311 e. The number of nitrogens with zero attached hydrogens (tertiary/aromatic N) is 2. The standard InChI is InChI=1S/C66H63BN2S/c1-63(2,3)46-34-47(64(4,5)6)37-50(36-46)68-56-29-42-21-15-13-19-40(42)27-54(56)67-55-28-41-20-14-16-22-43(41)30-57(55)69(51-38-48(65(7,8)9)35-49(39-51)66(10,11)12)59-32-45(31-58(68)62(59)67)44-25-26-53-52-23-17-18-24-60(52)70-61(53)33-44/h13-39H,1-12H3. The van der Waals surface area contributed by atoms with Crippen molar-refractivity contribution in [2.75, 3.05) is 9.80 Å². The van der Waals surface area contributed by atoms with Crippen molar-refractivity contribution in [1.29, 1.82) is 0 Å². The van der Waals surface area contributed by atoms with E-state index in [1.54, 1.807) is 0 Å². The zero-order valence-electron chi connectivity index (χ0n) is 43.0. The summed E-state index contributed by atoms with van der Waals surface area (Å²) in [5.74, 6) is 0. The van der Waals surface area contributed by atoms with Crippen LogP contribution in [0.3, 0.4) is 0 Å². The minimum atomic E-state index is -0.0683. The summed E-state index contributed by atoms with van der Waals surface area (Å²) < 4.78 is 2.63. The van der Waals surface area contributed by atoms with Gasteiger partial charge in [0.1, 0.15) is 0 Å². The Balaban J connectivity index is 1.25. The van der Waals surface area contributed by atoms with E-state index in [0.29, 0.717) is 0 Å². The third-order valence-corrected chi connectivity index (χ3v) is 16.5. The van der Waals surface area contributed by atoms with Gasteiger partial charge in [-0.3, -0.25) is 0 Å². The fourth-order valence-electron chi connectivity index (χ4n) is 11.2. The maximum absolute atomic E-state index is 2.65. The lowest BCUT2D eigenvalue weighted by Gasteiger charge is -2.45. The molecule has 2 aliphatic rings. The highest BCUT2D eigenvalue weighted by molar-refractivity contribution is 7.25. The molecule has 12 rings (SSSR count). The van der Waals surface area contributed by atoms with Crippen molar-refractivity contribution < 1.29 is 0 Å². The predicted octanol–water partition coefficient (Wildman–Crippen LogP) is 17.3. The van der Waals surface area contributed by atoms with Gasteiger partial charge in [-0.1, -0.05) is 186 Å². The molecular formula is C66H63BN2S. The van der Waals surface area contributed by atoms with E-state index < -0.39 is 0 Å². The summed E-state index contributed by atoms with van der Waals surface area (Å²) in [4.78, 5) is 5.30. The van der Waals surface area contributed by atoms with Crippen molar-refractivity contribution in [1.82, 2.24) is 0 Å². The molecular weight excluding hydrogens is 864 g/mol. The number of fused-ring (bicyclic) bond motifs is 9. The number of hydrogen-bond acceptors (Lipinski definition) is 3. The van der Waals surface area contributed by atoms with Gasteiger partial charge in [0, 0.05) is 54.3 Å². The summed E-state index contributed by atoms with van der Waals surface area (Å²) in [7, 11) is 0. The van der Waals surface area contributed by atoms with Gasteiger partial charge in [-0.2, -0.15) is 0 Å². The van der Waals surface area contributed by atoms with Crippen LogP contribution in [0.25, 0.3) is 52.8 Å². The Hall–Kier alpha value is -6.62. The first-order valence-corrected chi connectivity index (χ1v) is 26.1. The summed E-state index contributed by atoms with van der Waals surface area (Å²) in [6.07, 6.45) is 0. The van der Waals surface area contributed by atoms with Crippen molar-refractivity contribution in [3.8, 4) is 11.1 Å². The van der Waals surface area contributed by atoms with Crippen LogP contribution in [0, 0.1) is 0 Å². The number of thiophene rings is 1. The molecule has 70 heavy (non-hydrogen) atoms. The summed E-state index contributed by atoms with van der Waals surface area (Å²) in [5.41, 5.74) is 18.9. The molecule has 9 aromatic carbocycles. The maximum atomic E-state index is 2.65. The van der Waals surface area contributed by atoms with Crippen molar-refractivity contribution in [3.63, 3.8) is 0 Å². The molecule has 2 aliphatic heterocycles. The van der Waals surface area contributed by atoms with E-state index >= 15 is 0 Å². The molecule has 0 saturated heterocycles. The molecule has 2 nitrogen and oxygen atoms in total. The second-order valence-electron chi connectivity index (χ2n) is 24.4. The first kappa shape index (κ1) is 44.6. The average molecular weight is 927 g/mol. The molecule has 0 saturated carbocycles. The zero-order valence-corrected chi connectivity index (χ0v) is 43.8. The number of anilines is 6. The predicted molar refractivity (Wildman–Crippen MR) is 309 cm³/mol. The van der Waals surface area contributed by atoms with Crippen molar-refractivity contribution in [3.05, 3.63) is 186 Å². The molecule has 0 N–H and O–H groups in total. The Kier molecular flexibility index (Phi) is 9.83. The number of hydrogen-bond donors (Lipinski definition) is 0. The third kappa shape index (κ3) is 7.28. The quantitative estimate of drug-likeness (QED) is 0.163. The van der Waals surface area contributed by atoms with E-state index in [1.165, 1.54) is 126 Å². The van der Waals surface area contributed by atoms with Gasteiger partial charge in [0.25, 0.3) is 6.71 Å². The van der Waals surface area contributed by atoms with E-state index in [0.717, 1.165) is 0 Å². The molecule has 10 aromatic rings. The van der Waals surface area contributed by atoms with Crippen molar-refractivity contribution >= 4 is 110 Å². The second kappa shape index (κ2) is 15.4. The van der Waals surface area contributed by atoms with E-state index in [1.807, 2.05) is 11.3 Å². The summed E-state index contributed by atoms with van der Waals surface area (Å²) in [6, 6.07) is 63.9. The summed E-state index contributed by atoms with van der Waals surface area (Å²) >= 11 is 1.89. The molecule has 0 unspecified atom stereocenters. The first-order valence-electron chi connectivity index (χ1n) is 25.3. The molecule has 4 heteroatoms. The van der Waals surface area contributed by atoms with Crippen LogP contribution < -0.4 is 26.2 Å². The Morgan fingerprint density at radius 3 is 1.19 bits per heavy atom. The highest BCUT2D eigenvalue weighted by Crippen LogP contribution is 2.50. The molecule has 1 aromatic heterocycles. The number of rotatable bonds is 3. The fourth-order valence-corrected chi connectivity index (χ4v) is 12.4. The van der Waals surface area contributed by atoms with Gasteiger partial charge in [0.05, 0.1) is 0 Å². The zero-order chi connectivity index (χ0) is 48.8. The normalized spacial score (nSPS) is 13.9. The molecule has 3 heterocycles. The van der Waals surface area contributed by atoms with Crippen LogP contribution in [-0.4, -0.2) is 6.71 Å². The van der Waals surface area contributed by atoms with Crippen LogP contribution in [0.5, 0.6) is 0 Å². The van der Waals surface area contributed by atoms with Crippen LogP contribution in [0.15, 0.2) is 164 Å². The number of benzene rings is 9. The van der Waals surface area contributed by atoms with Gasteiger partial charge >= 0.3 is 0 Å². The van der Waals surface area contributed by atoms with Gasteiger partial charge in [0.15, 0.2) is 0 Å². The lowest BCUT2D eigenvalue weighted by atomic mass is 9.33. The van der Waals surface area contributed by atoms with E-state index in [9.17, 15) is 0 Å². The SMILES string of the molecule is CC(C)(C)c1cc(N2c3cc4ccccc4cc3B3c4cc5ccccc5cc4N(c4cc(C(C)(C)C)cc(C(C)(C)C)c4)c4cc(-c5ccc6c(c5)sc5ccccc56)cc2c43)cc(C(C)(C)C)c1. The van der Waals surface area contributed by atoms with Gasteiger partial charge in [0.2, 0.25) is 0 Å². The van der Waals surface area contributed by atoms with E-state index in [-0.39, 0.29) is 28.4 Å². The molecule has 0 radical (unpaired) electrons. The lowest BCUT2D eigenvalue weighted by molar-refractivity contribution is 0.568. The highest BCUT2D eigenvalue weighted by atomic mass is 32.1. The minimum Gasteiger partial charge on any atom is -0.311 e. The van der Waals surface area contributed by atoms with E-state index in [2.05, 4.69) is 257 Å². The maximum Gasteiger partial charge on any atom is 0.252 e. The molecule has 0 aliphatic carbocycles. The smallest absolute Gasteiger partial charge is 0.252 e. The lowest BCUT2D eigenvalue weighted by Crippen LogP contribution is -2.61. The molecule has 346 valence electrons. The Morgan fingerprint density at radius 2 is 0.743 bits per heavy atom. The monoisotopic (exact) mass is 926 g/mol. The van der Waals surface area contributed by atoms with Crippen molar-refractivity contribution in [2.24, 2.45) is 0 Å². The molecule has 0 atom stereocenters.